The summed E-state index contributed by atoms with van der Waals surface area (Å²) in [5.74, 6) is -0.628. The highest BCUT2D eigenvalue weighted by atomic mass is 19.1. The Balaban J connectivity index is 1.38. The molecule has 140 valence electrons. The van der Waals surface area contributed by atoms with Crippen molar-refractivity contribution >= 4 is 17.6 Å². The zero-order valence-electron chi connectivity index (χ0n) is 14.4. The van der Waals surface area contributed by atoms with Crippen LogP contribution >= 0.6 is 0 Å². The molecule has 0 spiro atoms. The molecule has 0 saturated carbocycles. The van der Waals surface area contributed by atoms with Crippen molar-refractivity contribution in [3.63, 3.8) is 0 Å². The summed E-state index contributed by atoms with van der Waals surface area (Å²) < 4.78 is 19.2. The number of amides is 2. The summed E-state index contributed by atoms with van der Waals surface area (Å²) in [6, 6.07) is 2.62. The number of ether oxygens (including phenoxy) is 1. The molecule has 0 aliphatic carbocycles. The van der Waals surface area contributed by atoms with Crippen LogP contribution in [0.2, 0.25) is 0 Å². The molecule has 2 aromatic heterocycles. The van der Waals surface area contributed by atoms with Crippen molar-refractivity contribution in [1.29, 1.82) is 0 Å². The van der Waals surface area contributed by atoms with Crippen LogP contribution in [0.25, 0.3) is 0 Å². The van der Waals surface area contributed by atoms with Gasteiger partial charge in [0.2, 0.25) is 5.95 Å². The van der Waals surface area contributed by atoms with Crippen molar-refractivity contribution < 1.29 is 18.7 Å². The van der Waals surface area contributed by atoms with Crippen molar-refractivity contribution in [2.24, 2.45) is 5.92 Å². The summed E-state index contributed by atoms with van der Waals surface area (Å²) in [5, 5.41) is 2.69. The summed E-state index contributed by atoms with van der Waals surface area (Å²) in [7, 11) is 0. The number of nitrogens with one attached hydrogen (secondary N) is 1. The Morgan fingerprint density at radius 2 is 2.15 bits per heavy atom. The summed E-state index contributed by atoms with van der Waals surface area (Å²) in [4.78, 5) is 38.0. The molecule has 0 radical (unpaired) electrons. The van der Waals surface area contributed by atoms with Crippen LogP contribution < -0.4 is 5.32 Å². The molecule has 4 rings (SSSR count). The van der Waals surface area contributed by atoms with E-state index in [0.717, 1.165) is 12.5 Å². The number of halogens is 1. The first-order valence-corrected chi connectivity index (χ1v) is 8.73. The topological polar surface area (TPSA) is 97.3 Å². The van der Waals surface area contributed by atoms with E-state index in [2.05, 4.69) is 20.3 Å². The van der Waals surface area contributed by atoms with Crippen LogP contribution in [0.15, 0.2) is 36.9 Å². The molecule has 2 fully saturated rings. The lowest BCUT2D eigenvalue weighted by atomic mass is 9.91. The average Bonchev–Trinajstić information content (AvgIpc) is 3.12. The zero-order chi connectivity index (χ0) is 18.8. The predicted molar refractivity (Wildman–Crippen MR) is 92.1 cm³/mol. The van der Waals surface area contributed by atoms with Gasteiger partial charge in [0.1, 0.15) is 6.10 Å². The molecule has 0 bridgehead atoms. The van der Waals surface area contributed by atoms with Gasteiger partial charge in [0.25, 0.3) is 11.8 Å². The third kappa shape index (κ3) is 3.77. The Hall–Kier alpha value is -2.94. The number of rotatable bonds is 3. The van der Waals surface area contributed by atoms with Gasteiger partial charge in [-0.2, -0.15) is 4.39 Å². The fourth-order valence-electron chi connectivity index (χ4n) is 3.57. The van der Waals surface area contributed by atoms with E-state index < -0.39 is 12.1 Å². The van der Waals surface area contributed by atoms with E-state index in [-0.39, 0.29) is 29.4 Å². The molecule has 2 aliphatic rings. The maximum atomic E-state index is 13.3. The van der Waals surface area contributed by atoms with E-state index in [0.29, 0.717) is 25.3 Å². The second-order valence-corrected chi connectivity index (χ2v) is 6.65. The first kappa shape index (κ1) is 17.5. The maximum absolute atomic E-state index is 13.3. The number of fused-ring (bicyclic) bond motifs is 1. The molecule has 8 nitrogen and oxygen atoms in total. The molecule has 0 unspecified atom stereocenters. The molecule has 2 aromatic rings. The number of anilines is 1. The van der Waals surface area contributed by atoms with Crippen molar-refractivity contribution in [1.82, 2.24) is 19.9 Å². The molecule has 1 N–H and O–H groups in total. The van der Waals surface area contributed by atoms with Crippen LogP contribution in [0.4, 0.5) is 10.2 Å². The van der Waals surface area contributed by atoms with Crippen LogP contribution in [0.3, 0.4) is 0 Å². The SMILES string of the molecule is O=C(Nc1cnccn1)[C@@H]1C[C@H]2CCN(C(=O)c3ccnc(F)c3)C[C@@H]2O1. The van der Waals surface area contributed by atoms with Gasteiger partial charge < -0.3 is 15.0 Å². The van der Waals surface area contributed by atoms with Crippen LogP contribution in [-0.2, 0) is 9.53 Å². The maximum Gasteiger partial charge on any atom is 0.254 e. The molecule has 3 atom stereocenters. The molecule has 4 heterocycles. The molecular weight excluding hydrogens is 353 g/mol. The average molecular weight is 371 g/mol. The highest BCUT2D eigenvalue weighted by Crippen LogP contribution is 2.34. The highest BCUT2D eigenvalue weighted by Gasteiger charge is 2.43. The molecule has 2 aliphatic heterocycles. The number of hydrogen-bond donors (Lipinski definition) is 1. The van der Waals surface area contributed by atoms with Crippen LogP contribution in [-0.4, -0.2) is 57.0 Å². The van der Waals surface area contributed by atoms with Crippen molar-refractivity contribution in [3.8, 4) is 0 Å². The Bertz CT molecular complexity index is 850. The van der Waals surface area contributed by atoms with Crippen LogP contribution in [0, 0.1) is 11.9 Å². The summed E-state index contributed by atoms with van der Waals surface area (Å²) in [6.07, 6.45) is 6.29. The number of nitrogens with zero attached hydrogens (tertiary/aromatic N) is 4. The van der Waals surface area contributed by atoms with Crippen LogP contribution in [0.1, 0.15) is 23.2 Å². The summed E-state index contributed by atoms with van der Waals surface area (Å²) >= 11 is 0. The Kier molecular flexibility index (Phi) is 4.76. The van der Waals surface area contributed by atoms with Crippen molar-refractivity contribution in [3.05, 3.63) is 48.4 Å². The van der Waals surface area contributed by atoms with Gasteiger partial charge in [-0.3, -0.25) is 14.6 Å². The van der Waals surface area contributed by atoms with Gasteiger partial charge in [0.15, 0.2) is 5.82 Å². The normalized spacial score (nSPS) is 24.3. The Morgan fingerprint density at radius 3 is 2.93 bits per heavy atom. The summed E-state index contributed by atoms with van der Waals surface area (Å²) in [6.45, 7) is 0.925. The number of aromatic nitrogens is 3. The second kappa shape index (κ2) is 7.36. The van der Waals surface area contributed by atoms with Gasteiger partial charge in [-0.15, -0.1) is 0 Å². The number of likely N-dealkylation sites (tertiary alicyclic amines) is 1. The van der Waals surface area contributed by atoms with Gasteiger partial charge in [-0.1, -0.05) is 0 Å². The van der Waals surface area contributed by atoms with Gasteiger partial charge in [-0.05, 0) is 24.8 Å². The largest absolute Gasteiger partial charge is 0.363 e. The number of carbonyl (C=O) groups is 2. The third-order valence-corrected chi connectivity index (χ3v) is 4.92. The van der Waals surface area contributed by atoms with Gasteiger partial charge in [0.05, 0.1) is 12.3 Å². The predicted octanol–water partition coefficient (Wildman–Crippen LogP) is 1.27. The van der Waals surface area contributed by atoms with Crippen LogP contribution in [0.5, 0.6) is 0 Å². The lowest BCUT2D eigenvalue weighted by Gasteiger charge is -2.34. The minimum absolute atomic E-state index is 0.209. The molecule has 2 amide bonds. The lowest BCUT2D eigenvalue weighted by Crippen LogP contribution is -2.45. The van der Waals surface area contributed by atoms with Gasteiger partial charge in [-0.25, -0.2) is 9.97 Å². The van der Waals surface area contributed by atoms with Crippen molar-refractivity contribution in [2.75, 3.05) is 18.4 Å². The van der Waals surface area contributed by atoms with E-state index in [9.17, 15) is 14.0 Å². The molecule has 0 aromatic carbocycles. The minimum Gasteiger partial charge on any atom is -0.363 e. The summed E-state index contributed by atoms with van der Waals surface area (Å²) in [5.41, 5.74) is 0.260. The third-order valence-electron chi connectivity index (χ3n) is 4.92. The fraction of sp³-hybridized carbons (Fsp3) is 0.389. The Morgan fingerprint density at radius 1 is 1.26 bits per heavy atom. The van der Waals surface area contributed by atoms with E-state index in [4.69, 9.17) is 4.74 Å². The van der Waals surface area contributed by atoms with E-state index in [1.54, 1.807) is 4.90 Å². The number of carbonyl (C=O) groups excluding carboxylic acids is 2. The Labute approximate surface area is 154 Å². The number of hydrogen-bond acceptors (Lipinski definition) is 6. The molecular formula is C18H18FN5O3. The van der Waals surface area contributed by atoms with Gasteiger partial charge in [0, 0.05) is 43.3 Å². The van der Waals surface area contributed by atoms with Gasteiger partial charge >= 0.3 is 0 Å². The highest BCUT2D eigenvalue weighted by molar-refractivity contribution is 5.94. The number of piperidine rings is 1. The monoisotopic (exact) mass is 371 g/mol. The quantitative estimate of drug-likeness (QED) is 0.816. The second-order valence-electron chi connectivity index (χ2n) is 6.65. The number of pyridine rings is 1. The standard InChI is InChI=1S/C18H18FN5O3/c19-15-8-12(1-3-21-15)18(26)24-6-2-11-7-13(27-14(11)10-24)17(25)23-16-9-20-4-5-22-16/h1,3-5,8-9,11,13-14H,2,6-7,10H2,(H,22,23,25)/t11-,13+,14+/m1/s1. The van der Waals surface area contributed by atoms with E-state index in [1.807, 2.05) is 0 Å². The first-order valence-electron chi connectivity index (χ1n) is 8.73. The van der Waals surface area contributed by atoms with E-state index >= 15 is 0 Å². The molecule has 9 heteroatoms. The van der Waals surface area contributed by atoms with Crippen molar-refractivity contribution in [2.45, 2.75) is 25.0 Å². The molecule has 27 heavy (non-hydrogen) atoms. The molecule has 2 saturated heterocycles. The first-order chi connectivity index (χ1) is 13.1. The lowest BCUT2D eigenvalue weighted by molar-refractivity contribution is -0.127. The zero-order valence-corrected chi connectivity index (χ0v) is 14.4. The smallest absolute Gasteiger partial charge is 0.254 e. The van der Waals surface area contributed by atoms with E-state index in [1.165, 1.54) is 30.9 Å². The minimum atomic E-state index is -0.686. The fourth-order valence-corrected chi connectivity index (χ4v) is 3.57.